The van der Waals surface area contributed by atoms with E-state index in [0.29, 0.717) is 28.6 Å². The van der Waals surface area contributed by atoms with Gasteiger partial charge in [0.15, 0.2) is 0 Å². The summed E-state index contributed by atoms with van der Waals surface area (Å²) in [5.74, 6) is 2.01. The summed E-state index contributed by atoms with van der Waals surface area (Å²) in [4.78, 5) is 20.1. The number of nitrogens with zero attached hydrogens (tertiary/aromatic N) is 2. The number of amides is 2. The van der Waals surface area contributed by atoms with Gasteiger partial charge in [-0.05, 0) is 55.2 Å². The van der Waals surface area contributed by atoms with Gasteiger partial charge in [0.25, 0.3) is 0 Å². The molecule has 0 saturated carbocycles. The summed E-state index contributed by atoms with van der Waals surface area (Å²) in [5.41, 5.74) is 3.26. The van der Waals surface area contributed by atoms with Crippen LogP contribution in [0.2, 0.25) is 0 Å². The van der Waals surface area contributed by atoms with Crippen molar-refractivity contribution in [3.05, 3.63) is 84.2 Å². The van der Waals surface area contributed by atoms with Gasteiger partial charge in [0.05, 0.1) is 36.4 Å². The van der Waals surface area contributed by atoms with E-state index in [2.05, 4.69) is 55.1 Å². The van der Waals surface area contributed by atoms with Crippen LogP contribution in [0.1, 0.15) is 45.9 Å². The molecule has 8 heteroatoms. The molecule has 1 aliphatic rings. The molecule has 1 fully saturated rings. The van der Waals surface area contributed by atoms with Crippen LogP contribution >= 0.6 is 0 Å². The van der Waals surface area contributed by atoms with Gasteiger partial charge in [-0.3, -0.25) is 9.88 Å². The molecule has 8 nitrogen and oxygen atoms in total. The van der Waals surface area contributed by atoms with Crippen molar-refractivity contribution in [1.29, 1.82) is 0 Å². The molecule has 4 aromatic rings. The van der Waals surface area contributed by atoms with Gasteiger partial charge in [-0.15, -0.1) is 0 Å². The van der Waals surface area contributed by atoms with Gasteiger partial charge in [-0.2, -0.15) is 0 Å². The monoisotopic (exact) mass is 568 g/mol. The predicted octanol–water partition coefficient (Wildman–Crippen LogP) is 7.59. The summed E-state index contributed by atoms with van der Waals surface area (Å²) in [6.45, 7) is 13.1. The molecule has 2 heterocycles. The molecule has 0 bridgehead atoms. The van der Waals surface area contributed by atoms with Crippen molar-refractivity contribution in [3.63, 3.8) is 0 Å². The van der Waals surface area contributed by atoms with E-state index in [4.69, 9.17) is 14.2 Å². The fraction of sp³-hybridized carbons (Fsp3) is 0.353. The summed E-state index contributed by atoms with van der Waals surface area (Å²) >= 11 is 0. The Hall–Kier alpha value is -4.14. The van der Waals surface area contributed by atoms with Gasteiger partial charge in [0.2, 0.25) is 0 Å². The lowest BCUT2D eigenvalue weighted by atomic mass is 9.87. The number of carbonyl (C=O) groups is 1. The van der Waals surface area contributed by atoms with Crippen LogP contribution in [-0.2, 0) is 16.7 Å². The summed E-state index contributed by atoms with van der Waals surface area (Å²) < 4.78 is 17.7. The zero-order valence-electron chi connectivity index (χ0n) is 25.2. The third-order valence-electron chi connectivity index (χ3n) is 7.34. The molecule has 0 radical (unpaired) electrons. The molecular formula is C34H40N4O4. The van der Waals surface area contributed by atoms with E-state index in [1.165, 1.54) is 0 Å². The van der Waals surface area contributed by atoms with Crippen LogP contribution in [0.15, 0.2) is 72.9 Å². The van der Waals surface area contributed by atoms with Gasteiger partial charge in [-0.1, -0.05) is 51.1 Å². The number of hydrogen-bond acceptors (Lipinski definition) is 6. The Bertz CT molecular complexity index is 1560. The number of benzene rings is 3. The fourth-order valence-electron chi connectivity index (χ4n) is 5.39. The highest BCUT2D eigenvalue weighted by Crippen LogP contribution is 2.35. The van der Waals surface area contributed by atoms with Crippen LogP contribution in [0.4, 0.5) is 16.2 Å². The number of fused-ring (bicyclic) bond motifs is 1. The maximum absolute atomic E-state index is 13.1. The zero-order valence-corrected chi connectivity index (χ0v) is 25.2. The highest BCUT2D eigenvalue weighted by atomic mass is 16.5. The third kappa shape index (κ3) is 7.01. The second kappa shape index (κ2) is 12.4. The standard InChI is InChI=1S/C34H40N4O4/c1-22-19-38(20-23(2)41-22)21-25-18-26(15-16-35-25)42-31-14-12-29(27-9-7-8-10-28(27)31)36-33(39)37-30-17-24(34(3,4)5)11-13-32(30)40-6/h7-18,22-23H,19-21H2,1-6H3,(H2,36,37,39). The lowest BCUT2D eigenvalue weighted by Gasteiger charge is -2.35. The summed E-state index contributed by atoms with van der Waals surface area (Å²) in [6.07, 6.45) is 2.18. The van der Waals surface area contributed by atoms with E-state index in [1.807, 2.05) is 66.7 Å². The number of ether oxygens (including phenoxy) is 3. The Balaban J connectivity index is 1.33. The van der Waals surface area contributed by atoms with Crippen LogP contribution in [0.5, 0.6) is 17.2 Å². The Morgan fingerprint density at radius 1 is 0.929 bits per heavy atom. The lowest BCUT2D eigenvalue weighted by molar-refractivity contribution is -0.0707. The first kappa shape index (κ1) is 29.4. The van der Waals surface area contributed by atoms with Crippen molar-refractivity contribution in [3.8, 4) is 17.2 Å². The average molecular weight is 569 g/mol. The Morgan fingerprint density at radius 3 is 2.33 bits per heavy atom. The third-order valence-corrected chi connectivity index (χ3v) is 7.34. The summed E-state index contributed by atoms with van der Waals surface area (Å²) in [7, 11) is 1.59. The number of anilines is 2. The SMILES string of the molecule is COc1ccc(C(C)(C)C)cc1NC(=O)Nc1ccc(Oc2ccnc(CN3CC(C)OC(C)C3)c2)c2ccccc12. The number of aromatic nitrogens is 1. The van der Waals surface area contributed by atoms with Gasteiger partial charge >= 0.3 is 6.03 Å². The molecule has 0 aliphatic carbocycles. The molecule has 42 heavy (non-hydrogen) atoms. The predicted molar refractivity (Wildman–Crippen MR) is 168 cm³/mol. The fourth-order valence-corrected chi connectivity index (χ4v) is 5.39. The van der Waals surface area contributed by atoms with E-state index in [0.717, 1.165) is 41.7 Å². The Kier molecular flexibility index (Phi) is 8.66. The number of pyridine rings is 1. The van der Waals surface area contributed by atoms with Crippen molar-refractivity contribution in [1.82, 2.24) is 9.88 Å². The van der Waals surface area contributed by atoms with Crippen LogP contribution in [0.25, 0.3) is 10.8 Å². The molecule has 2 amide bonds. The maximum Gasteiger partial charge on any atom is 0.323 e. The minimum Gasteiger partial charge on any atom is -0.495 e. The molecule has 1 aromatic heterocycles. The minimum absolute atomic E-state index is 0.0690. The molecule has 0 spiro atoms. The van der Waals surface area contributed by atoms with E-state index in [1.54, 1.807) is 13.3 Å². The number of methoxy groups -OCH3 is 1. The van der Waals surface area contributed by atoms with Crippen LogP contribution in [-0.4, -0.2) is 48.3 Å². The van der Waals surface area contributed by atoms with Crippen LogP contribution < -0.4 is 20.1 Å². The Morgan fingerprint density at radius 2 is 1.62 bits per heavy atom. The van der Waals surface area contributed by atoms with Crippen LogP contribution in [0.3, 0.4) is 0 Å². The zero-order chi connectivity index (χ0) is 29.9. The average Bonchev–Trinajstić information content (AvgIpc) is 2.93. The minimum atomic E-state index is -0.358. The van der Waals surface area contributed by atoms with Crippen LogP contribution in [0, 0.1) is 0 Å². The number of carbonyl (C=O) groups excluding carboxylic acids is 1. The van der Waals surface area contributed by atoms with Gasteiger partial charge < -0.3 is 24.8 Å². The molecule has 3 aromatic carbocycles. The molecule has 1 aliphatic heterocycles. The summed E-state index contributed by atoms with van der Waals surface area (Å²) in [6, 6.07) is 20.9. The first-order valence-electron chi connectivity index (χ1n) is 14.4. The molecule has 220 valence electrons. The number of hydrogen-bond donors (Lipinski definition) is 2. The van der Waals surface area contributed by atoms with Gasteiger partial charge in [-0.25, -0.2) is 4.79 Å². The number of urea groups is 1. The molecule has 2 unspecified atom stereocenters. The second-order valence-corrected chi connectivity index (χ2v) is 11.9. The Labute approximate surface area is 248 Å². The van der Waals surface area contributed by atoms with Crippen molar-refractivity contribution in [2.24, 2.45) is 0 Å². The highest BCUT2D eigenvalue weighted by molar-refractivity contribution is 6.08. The maximum atomic E-state index is 13.1. The largest absolute Gasteiger partial charge is 0.495 e. The number of rotatable bonds is 7. The van der Waals surface area contributed by atoms with Crippen molar-refractivity contribution < 1.29 is 19.0 Å². The first-order chi connectivity index (χ1) is 20.1. The van der Waals surface area contributed by atoms with E-state index in [9.17, 15) is 4.79 Å². The van der Waals surface area contributed by atoms with E-state index >= 15 is 0 Å². The summed E-state index contributed by atoms with van der Waals surface area (Å²) in [5, 5.41) is 7.72. The first-order valence-corrected chi connectivity index (χ1v) is 14.4. The molecule has 2 atom stereocenters. The van der Waals surface area contributed by atoms with Gasteiger partial charge in [0.1, 0.15) is 17.2 Å². The highest BCUT2D eigenvalue weighted by Gasteiger charge is 2.23. The normalized spacial score (nSPS) is 17.6. The van der Waals surface area contributed by atoms with Crippen molar-refractivity contribution in [2.75, 3.05) is 30.8 Å². The lowest BCUT2D eigenvalue weighted by Crippen LogP contribution is -2.44. The topological polar surface area (TPSA) is 85.0 Å². The van der Waals surface area contributed by atoms with E-state index in [-0.39, 0.29) is 23.7 Å². The smallest absolute Gasteiger partial charge is 0.323 e. The molecular weight excluding hydrogens is 528 g/mol. The van der Waals surface area contributed by atoms with Crippen molar-refractivity contribution >= 4 is 28.2 Å². The van der Waals surface area contributed by atoms with E-state index < -0.39 is 0 Å². The quantitative estimate of drug-likeness (QED) is 0.239. The molecule has 1 saturated heterocycles. The number of nitrogens with one attached hydrogen (secondary N) is 2. The molecule has 2 N–H and O–H groups in total. The second-order valence-electron chi connectivity index (χ2n) is 11.9. The molecule has 5 rings (SSSR count). The van der Waals surface area contributed by atoms with Gasteiger partial charge in [0, 0.05) is 42.7 Å². The number of morpholine rings is 1. The van der Waals surface area contributed by atoms with Crippen molar-refractivity contribution in [2.45, 2.75) is 58.8 Å².